The van der Waals surface area contributed by atoms with Gasteiger partial charge in [0.15, 0.2) is 5.60 Å². The number of esters is 1. The fraction of sp³-hybridized carbons (Fsp3) is 0.214. The van der Waals surface area contributed by atoms with E-state index in [4.69, 9.17) is 4.74 Å². The molecule has 1 unspecified atom stereocenters. The van der Waals surface area contributed by atoms with E-state index in [1.54, 1.807) is 25.2 Å². The van der Waals surface area contributed by atoms with Crippen molar-refractivity contribution < 1.29 is 9.53 Å². The fourth-order valence-corrected chi connectivity index (χ4v) is 2.63. The Hall–Kier alpha value is -2.63. The van der Waals surface area contributed by atoms with Crippen LogP contribution in [0.25, 0.3) is 11.6 Å². The molecule has 2 N–H and O–H groups in total. The first-order valence-corrected chi connectivity index (χ1v) is 6.09. The van der Waals surface area contributed by atoms with Gasteiger partial charge in [-0.1, -0.05) is 12.2 Å². The van der Waals surface area contributed by atoms with E-state index in [-0.39, 0.29) is 0 Å². The molecule has 6 heteroatoms. The molecule has 1 aromatic heterocycles. The minimum absolute atomic E-state index is 0.425. The van der Waals surface area contributed by atoms with Crippen molar-refractivity contribution in [3.8, 4) is 0 Å². The number of aromatic nitrogens is 2. The number of rotatable bonds is 1. The third-order valence-corrected chi connectivity index (χ3v) is 3.34. The summed E-state index contributed by atoms with van der Waals surface area (Å²) in [6.45, 7) is 3.06. The first-order chi connectivity index (χ1) is 9.40. The number of nitrogens with one attached hydrogen (secondary N) is 2. The summed E-state index contributed by atoms with van der Waals surface area (Å²) in [5.74, 6) is -0.425. The van der Waals surface area contributed by atoms with Gasteiger partial charge in [-0.2, -0.15) is 0 Å². The van der Waals surface area contributed by atoms with Crippen molar-refractivity contribution in [2.24, 2.45) is 0 Å². The van der Waals surface area contributed by atoms with Crippen LogP contribution in [-0.2, 0) is 9.53 Å². The first-order valence-electron chi connectivity index (χ1n) is 6.09. The molecule has 1 heterocycles. The number of allylic oxidation sites excluding steroid dienone is 2. The van der Waals surface area contributed by atoms with Gasteiger partial charge < -0.3 is 14.7 Å². The molecular formula is C14H12N2O4. The Kier molecular flexibility index (Phi) is 2.44. The molecule has 102 valence electrons. The standard InChI is InChI=1S/C14H12N2O4/c1-7(17)20-14(2)5-3-4-8-6-9-11(10(8)14)16-13(19)12(18)15-9/h3-6H,1-2H3,(H,15,18)(H,16,19). The Balaban J connectivity index is 2.39. The normalized spacial score (nSPS) is 22.7. The molecule has 2 aliphatic rings. The number of aromatic amines is 2. The molecule has 0 bridgehead atoms. The van der Waals surface area contributed by atoms with E-state index >= 15 is 0 Å². The highest BCUT2D eigenvalue weighted by molar-refractivity contribution is 5.89. The lowest BCUT2D eigenvalue weighted by molar-refractivity contribution is -0.147. The van der Waals surface area contributed by atoms with E-state index in [1.165, 1.54) is 6.92 Å². The zero-order valence-electron chi connectivity index (χ0n) is 10.9. The highest BCUT2D eigenvalue weighted by Crippen LogP contribution is 2.34. The van der Waals surface area contributed by atoms with Crippen LogP contribution in [0.2, 0.25) is 0 Å². The van der Waals surface area contributed by atoms with Crippen molar-refractivity contribution in [3.05, 3.63) is 55.2 Å². The van der Waals surface area contributed by atoms with Crippen LogP contribution in [0.1, 0.15) is 13.8 Å². The predicted octanol–water partition coefficient (Wildman–Crippen LogP) is -1.17. The molecule has 0 amide bonds. The SMILES string of the molecule is CC(=O)OC1(C)C=CC=C2C=c3[nH]c(=O)c(=O)[nH]c3=C21. The van der Waals surface area contributed by atoms with Gasteiger partial charge in [0.1, 0.15) is 0 Å². The maximum Gasteiger partial charge on any atom is 0.314 e. The number of fused-ring (bicyclic) bond motifs is 2. The minimum Gasteiger partial charge on any atom is -0.450 e. The molecule has 0 aliphatic heterocycles. The highest BCUT2D eigenvalue weighted by atomic mass is 16.6. The molecule has 6 nitrogen and oxygen atoms in total. The Labute approximate surface area is 112 Å². The van der Waals surface area contributed by atoms with Crippen LogP contribution in [0.15, 0.2) is 33.4 Å². The molecule has 1 aromatic rings. The number of carbonyl (C=O) groups excluding carboxylic acids is 1. The van der Waals surface area contributed by atoms with E-state index < -0.39 is 22.7 Å². The molecule has 0 saturated heterocycles. The Morgan fingerprint density at radius 1 is 1.25 bits per heavy atom. The van der Waals surface area contributed by atoms with Crippen molar-refractivity contribution in [1.29, 1.82) is 0 Å². The van der Waals surface area contributed by atoms with Gasteiger partial charge in [0.2, 0.25) is 0 Å². The predicted molar refractivity (Wildman–Crippen MR) is 72.2 cm³/mol. The summed E-state index contributed by atoms with van der Waals surface area (Å²) < 4.78 is 5.38. The maximum absolute atomic E-state index is 11.5. The lowest BCUT2D eigenvalue weighted by atomic mass is 9.87. The van der Waals surface area contributed by atoms with Crippen molar-refractivity contribution in [3.63, 3.8) is 0 Å². The van der Waals surface area contributed by atoms with Crippen LogP contribution < -0.4 is 21.8 Å². The topological polar surface area (TPSA) is 92.0 Å². The lowest BCUT2D eigenvalue weighted by Gasteiger charge is -2.30. The van der Waals surface area contributed by atoms with Gasteiger partial charge >= 0.3 is 17.1 Å². The van der Waals surface area contributed by atoms with Crippen molar-refractivity contribution in [2.45, 2.75) is 19.4 Å². The molecule has 1 atom stereocenters. The third kappa shape index (κ3) is 1.69. The summed E-state index contributed by atoms with van der Waals surface area (Å²) in [4.78, 5) is 39.3. The summed E-state index contributed by atoms with van der Waals surface area (Å²) in [5, 5.41) is 0.992. The van der Waals surface area contributed by atoms with Crippen molar-refractivity contribution in [2.75, 3.05) is 0 Å². The van der Waals surface area contributed by atoms with Gasteiger partial charge in [0.05, 0.1) is 10.7 Å². The molecular weight excluding hydrogens is 260 g/mol. The average molecular weight is 272 g/mol. The molecule has 0 radical (unpaired) electrons. The van der Waals surface area contributed by atoms with Gasteiger partial charge in [0, 0.05) is 12.5 Å². The van der Waals surface area contributed by atoms with Crippen LogP contribution in [0.4, 0.5) is 0 Å². The fourth-order valence-electron chi connectivity index (χ4n) is 2.63. The second-order valence-corrected chi connectivity index (χ2v) is 4.90. The number of hydrogen-bond donors (Lipinski definition) is 2. The maximum atomic E-state index is 11.5. The Morgan fingerprint density at radius 3 is 2.65 bits per heavy atom. The van der Waals surface area contributed by atoms with E-state index in [9.17, 15) is 14.4 Å². The zero-order valence-corrected chi connectivity index (χ0v) is 10.9. The second kappa shape index (κ2) is 3.93. The largest absolute Gasteiger partial charge is 0.450 e. The van der Waals surface area contributed by atoms with Gasteiger partial charge in [-0.25, -0.2) is 0 Å². The summed E-state index contributed by atoms with van der Waals surface area (Å²) >= 11 is 0. The van der Waals surface area contributed by atoms with E-state index in [2.05, 4.69) is 9.97 Å². The van der Waals surface area contributed by atoms with Crippen molar-refractivity contribution in [1.82, 2.24) is 9.97 Å². The Morgan fingerprint density at radius 2 is 1.95 bits per heavy atom. The molecule has 0 aromatic carbocycles. The zero-order chi connectivity index (χ0) is 14.5. The van der Waals surface area contributed by atoms with Crippen molar-refractivity contribution >= 4 is 17.6 Å². The molecule has 3 rings (SSSR count). The van der Waals surface area contributed by atoms with Crippen LogP contribution in [0, 0.1) is 0 Å². The number of carbonyl (C=O) groups is 1. The lowest BCUT2D eigenvalue weighted by Crippen LogP contribution is -2.48. The van der Waals surface area contributed by atoms with Gasteiger partial charge in [-0.05, 0) is 24.6 Å². The molecule has 20 heavy (non-hydrogen) atoms. The molecule has 0 saturated carbocycles. The van der Waals surface area contributed by atoms with Crippen LogP contribution in [-0.4, -0.2) is 21.5 Å². The molecule has 0 spiro atoms. The van der Waals surface area contributed by atoms with E-state index in [0.717, 1.165) is 5.57 Å². The molecule has 2 aliphatic carbocycles. The van der Waals surface area contributed by atoms with Gasteiger partial charge in [0.25, 0.3) is 0 Å². The van der Waals surface area contributed by atoms with E-state index in [0.29, 0.717) is 16.3 Å². The van der Waals surface area contributed by atoms with Crippen LogP contribution in [0.3, 0.4) is 0 Å². The number of ether oxygens (including phenoxy) is 1. The van der Waals surface area contributed by atoms with E-state index in [1.807, 2.05) is 6.08 Å². The summed E-state index contributed by atoms with van der Waals surface area (Å²) in [6, 6.07) is 0. The summed E-state index contributed by atoms with van der Waals surface area (Å²) in [5.41, 5.74) is -0.950. The van der Waals surface area contributed by atoms with Gasteiger partial charge in [-0.15, -0.1) is 0 Å². The van der Waals surface area contributed by atoms with Crippen LogP contribution in [0.5, 0.6) is 0 Å². The smallest absolute Gasteiger partial charge is 0.314 e. The number of H-pyrrole nitrogens is 2. The highest BCUT2D eigenvalue weighted by Gasteiger charge is 2.36. The first kappa shape index (κ1) is 12.4. The third-order valence-electron chi connectivity index (χ3n) is 3.34. The quantitative estimate of drug-likeness (QED) is 0.497. The second-order valence-electron chi connectivity index (χ2n) is 4.90. The summed E-state index contributed by atoms with van der Waals surface area (Å²) in [7, 11) is 0. The Bertz CT molecular complexity index is 914. The molecule has 0 fully saturated rings. The average Bonchev–Trinajstić information content (AvgIpc) is 2.67. The minimum atomic E-state index is -0.973. The summed E-state index contributed by atoms with van der Waals surface area (Å²) in [6.07, 6.45) is 7.09. The monoisotopic (exact) mass is 272 g/mol. The number of hydrogen-bond acceptors (Lipinski definition) is 4. The van der Waals surface area contributed by atoms with Crippen LogP contribution >= 0.6 is 0 Å². The van der Waals surface area contributed by atoms with Gasteiger partial charge in [-0.3, -0.25) is 14.4 Å².